The van der Waals surface area contributed by atoms with Crippen LogP contribution in [0.3, 0.4) is 0 Å². The highest BCUT2D eigenvalue weighted by molar-refractivity contribution is 5.34. The smallest absolute Gasteiger partial charge is 0.101 e. The number of rotatable bonds is 1. The van der Waals surface area contributed by atoms with E-state index in [0.29, 0.717) is 5.41 Å². The van der Waals surface area contributed by atoms with Crippen molar-refractivity contribution in [1.29, 1.82) is 5.26 Å². The lowest BCUT2D eigenvalue weighted by Crippen LogP contribution is -2.59. The van der Waals surface area contributed by atoms with Crippen LogP contribution >= 0.6 is 0 Å². The van der Waals surface area contributed by atoms with Gasteiger partial charge < -0.3 is 4.74 Å². The highest BCUT2D eigenvalue weighted by atomic mass is 16.5. The second-order valence-corrected chi connectivity index (χ2v) is 4.76. The Morgan fingerprint density at radius 3 is 2.60 bits per heavy atom. The molecule has 0 radical (unpaired) electrons. The minimum Gasteiger partial charge on any atom is -0.380 e. The van der Waals surface area contributed by atoms with Gasteiger partial charge in [-0.2, -0.15) is 5.26 Å². The number of pyridine rings is 1. The molecular formula is C12H12N2O. The van der Waals surface area contributed by atoms with Gasteiger partial charge in [0.1, 0.15) is 5.41 Å². The Labute approximate surface area is 88.7 Å². The molecular weight excluding hydrogens is 188 g/mol. The van der Waals surface area contributed by atoms with E-state index in [9.17, 15) is 5.26 Å². The largest absolute Gasteiger partial charge is 0.380 e. The minimum absolute atomic E-state index is 0.299. The fraction of sp³-hybridized carbons (Fsp3) is 0.500. The first-order chi connectivity index (χ1) is 7.29. The molecule has 2 heterocycles. The molecule has 1 spiro atoms. The molecule has 1 saturated heterocycles. The topological polar surface area (TPSA) is 45.9 Å². The predicted octanol–water partition coefficient (Wildman–Crippen LogP) is 1.65. The number of nitriles is 1. The van der Waals surface area contributed by atoms with Gasteiger partial charge >= 0.3 is 0 Å². The Bertz CT molecular complexity index is 409. The molecule has 3 rings (SSSR count). The maximum absolute atomic E-state index is 9.31. The standard InChI is InChI=1S/C12H12N2O/c13-7-12(10-3-1-2-4-14-10)5-11(6-12)8-15-9-11/h1-4H,5-6,8-9H2. The lowest BCUT2D eigenvalue weighted by atomic mass is 9.51. The predicted molar refractivity (Wildman–Crippen MR) is 54.0 cm³/mol. The molecule has 3 nitrogen and oxygen atoms in total. The van der Waals surface area contributed by atoms with Gasteiger partial charge in [-0.15, -0.1) is 0 Å². The summed E-state index contributed by atoms with van der Waals surface area (Å²) in [4.78, 5) is 4.30. The molecule has 15 heavy (non-hydrogen) atoms. The van der Waals surface area contributed by atoms with Crippen molar-refractivity contribution in [1.82, 2.24) is 4.98 Å². The van der Waals surface area contributed by atoms with Crippen LogP contribution in [0.2, 0.25) is 0 Å². The van der Waals surface area contributed by atoms with Crippen molar-refractivity contribution >= 4 is 0 Å². The summed E-state index contributed by atoms with van der Waals surface area (Å²) in [6, 6.07) is 8.22. The van der Waals surface area contributed by atoms with Crippen molar-refractivity contribution in [2.45, 2.75) is 18.3 Å². The molecule has 2 aliphatic rings. The maximum atomic E-state index is 9.31. The number of nitrogens with zero attached hydrogens (tertiary/aromatic N) is 2. The summed E-state index contributed by atoms with van der Waals surface area (Å²) in [6.07, 6.45) is 3.58. The van der Waals surface area contributed by atoms with Gasteiger partial charge in [0.2, 0.25) is 0 Å². The van der Waals surface area contributed by atoms with Gasteiger partial charge in [-0.3, -0.25) is 4.98 Å². The molecule has 1 aromatic heterocycles. The van der Waals surface area contributed by atoms with Crippen LogP contribution in [-0.4, -0.2) is 18.2 Å². The molecule has 1 aromatic rings. The van der Waals surface area contributed by atoms with Crippen molar-refractivity contribution in [3.63, 3.8) is 0 Å². The second kappa shape index (κ2) is 2.80. The van der Waals surface area contributed by atoms with Crippen LogP contribution in [-0.2, 0) is 10.2 Å². The van der Waals surface area contributed by atoms with E-state index in [4.69, 9.17) is 4.74 Å². The molecule has 3 heteroatoms. The highest BCUT2D eigenvalue weighted by Gasteiger charge is 2.60. The fourth-order valence-corrected chi connectivity index (χ4v) is 2.79. The minimum atomic E-state index is -0.342. The first-order valence-corrected chi connectivity index (χ1v) is 5.19. The number of ether oxygens (including phenoxy) is 1. The normalized spacial score (nSPS) is 25.0. The molecule has 76 valence electrons. The van der Waals surface area contributed by atoms with Gasteiger partial charge in [0.05, 0.1) is 25.0 Å². The van der Waals surface area contributed by atoms with Crippen molar-refractivity contribution < 1.29 is 4.74 Å². The average Bonchev–Trinajstić information content (AvgIpc) is 2.17. The second-order valence-electron chi connectivity index (χ2n) is 4.76. The van der Waals surface area contributed by atoms with Gasteiger partial charge in [-0.1, -0.05) is 6.07 Å². The SMILES string of the molecule is N#CC1(c2ccccn2)CC2(COC2)C1. The zero-order valence-electron chi connectivity index (χ0n) is 8.44. The van der Waals surface area contributed by atoms with E-state index in [0.717, 1.165) is 31.7 Å². The van der Waals surface area contributed by atoms with Gasteiger partial charge in [0.25, 0.3) is 0 Å². The monoisotopic (exact) mass is 200 g/mol. The van der Waals surface area contributed by atoms with Crippen molar-refractivity contribution in [2.75, 3.05) is 13.2 Å². The van der Waals surface area contributed by atoms with Crippen LogP contribution in [0.15, 0.2) is 24.4 Å². The van der Waals surface area contributed by atoms with Gasteiger partial charge in [-0.05, 0) is 25.0 Å². The molecule has 0 N–H and O–H groups in total. The fourth-order valence-electron chi connectivity index (χ4n) is 2.79. The van der Waals surface area contributed by atoms with Crippen LogP contribution in [0, 0.1) is 16.7 Å². The Balaban J connectivity index is 1.88. The van der Waals surface area contributed by atoms with Crippen molar-refractivity contribution in [2.24, 2.45) is 5.41 Å². The maximum Gasteiger partial charge on any atom is 0.101 e. The Morgan fingerprint density at radius 1 is 1.33 bits per heavy atom. The quantitative estimate of drug-likeness (QED) is 0.692. The van der Waals surface area contributed by atoms with Crippen LogP contribution in [0.25, 0.3) is 0 Å². The summed E-state index contributed by atoms with van der Waals surface area (Å²) in [6.45, 7) is 1.65. The average molecular weight is 200 g/mol. The van der Waals surface area contributed by atoms with Crippen molar-refractivity contribution in [3.8, 4) is 6.07 Å². The molecule has 2 fully saturated rings. The first-order valence-electron chi connectivity index (χ1n) is 5.19. The van der Waals surface area contributed by atoms with E-state index < -0.39 is 0 Å². The summed E-state index contributed by atoms with van der Waals surface area (Å²) < 4.78 is 5.22. The van der Waals surface area contributed by atoms with E-state index in [1.807, 2.05) is 18.2 Å². The highest BCUT2D eigenvalue weighted by Crippen LogP contribution is 2.58. The van der Waals surface area contributed by atoms with Gasteiger partial charge in [0, 0.05) is 11.6 Å². The molecule has 0 bridgehead atoms. The number of aromatic nitrogens is 1. The lowest BCUT2D eigenvalue weighted by Gasteiger charge is -2.56. The van der Waals surface area contributed by atoms with E-state index in [1.165, 1.54) is 0 Å². The Hall–Kier alpha value is -1.40. The Morgan fingerprint density at radius 2 is 2.13 bits per heavy atom. The van der Waals surface area contributed by atoms with E-state index >= 15 is 0 Å². The van der Waals surface area contributed by atoms with Gasteiger partial charge in [0.15, 0.2) is 0 Å². The third-order valence-corrected chi connectivity index (χ3v) is 3.54. The van der Waals surface area contributed by atoms with Crippen LogP contribution in [0.1, 0.15) is 18.5 Å². The summed E-state index contributed by atoms with van der Waals surface area (Å²) in [5.74, 6) is 0. The molecule has 0 unspecified atom stereocenters. The number of hydrogen-bond donors (Lipinski definition) is 0. The molecule has 1 aliphatic heterocycles. The van der Waals surface area contributed by atoms with Crippen molar-refractivity contribution in [3.05, 3.63) is 30.1 Å². The molecule has 0 amide bonds. The van der Waals surface area contributed by atoms with E-state index in [-0.39, 0.29) is 5.41 Å². The third kappa shape index (κ3) is 1.12. The molecule has 1 aliphatic carbocycles. The summed E-state index contributed by atoms with van der Waals surface area (Å²) >= 11 is 0. The van der Waals surface area contributed by atoms with Crippen LogP contribution < -0.4 is 0 Å². The molecule has 1 saturated carbocycles. The van der Waals surface area contributed by atoms with E-state index in [2.05, 4.69) is 11.1 Å². The number of hydrogen-bond acceptors (Lipinski definition) is 3. The summed E-state index contributed by atoms with van der Waals surface area (Å²) in [5.41, 5.74) is 0.878. The Kier molecular flexibility index (Phi) is 1.66. The lowest BCUT2D eigenvalue weighted by molar-refractivity contribution is -0.178. The van der Waals surface area contributed by atoms with Crippen LogP contribution in [0.4, 0.5) is 0 Å². The van der Waals surface area contributed by atoms with Gasteiger partial charge in [-0.25, -0.2) is 0 Å². The third-order valence-electron chi connectivity index (χ3n) is 3.54. The molecule has 0 atom stereocenters. The zero-order chi connectivity index (χ0) is 10.4. The summed E-state index contributed by atoms with van der Waals surface area (Å²) in [5, 5.41) is 9.31. The first kappa shape index (κ1) is 8.87. The molecule has 0 aromatic carbocycles. The summed E-state index contributed by atoms with van der Waals surface area (Å²) in [7, 11) is 0. The zero-order valence-corrected chi connectivity index (χ0v) is 8.44. The van der Waals surface area contributed by atoms with E-state index in [1.54, 1.807) is 6.20 Å². The van der Waals surface area contributed by atoms with Crippen LogP contribution in [0.5, 0.6) is 0 Å².